The third-order valence-corrected chi connectivity index (χ3v) is 21.8. The van der Waals surface area contributed by atoms with Crippen LogP contribution in [0.3, 0.4) is 0 Å². The monoisotopic (exact) mass is 259 g/mol. The van der Waals surface area contributed by atoms with Crippen LogP contribution in [0, 0.1) is 0 Å². The molecular weight excluding hydrogens is 238 g/mol. The van der Waals surface area contributed by atoms with Crippen LogP contribution in [0.5, 0.6) is 0 Å². The summed E-state index contributed by atoms with van der Waals surface area (Å²) in [6.45, 7) is 12.5. The normalized spacial score (nSPS) is 13.0. The van der Waals surface area contributed by atoms with Crippen LogP contribution in [0.4, 0.5) is 0 Å². The molecule has 0 aliphatic rings. The van der Waals surface area contributed by atoms with E-state index in [9.17, 15) is 0 Å². The third kappa shape index (κ3) is 2.09. The molecule has 1 aromatic heterocycles. The highest BCUT2D eigenvalue weighted by atomic mass is 29.3. The third-order valence-electron chi connectivity index (χ3n) is 4.20. The van der Waals surface area contributed by atoms with Gasteiger partial charge in [0.25, 0.3) is 0 Å². The molecule has 90 valence electrons. The second-order valence-electron chi connectivity index (χ2n) is 6.25. The largest absolute Gasteiger partial charge is 0.256 e. The first kappa shape index (κ1) is 12.5. The first-order valence-electron chi connectivity index (χ1n) is 6.18. The van der Waals surface area contributed by atoms with E-state index in [0.717, 1.165) is 5.52 Å². The summed E-state index contributed by atoms with van der Waals surface area (Å²) in [4.78, 5) is 4.48. The summed E-state index contributed by atoms with van der Waals surface area (Å²) < 4.78 is 0. The number of benzene rings is 1. The average molecular weight is 260 g/mol. The van der Waals surface area contributed by atoms with Gasteiger partial charge in [-0.3, -0.25) is 4.98 Å². The zero-order valence-electron chi connectivity index (χ0n) is 11.4. The van der Waals surface area contributed by atoms with E-state index in [4.69, 9.17) is 0 Å². The number of nitrogens with zero attached hydrogens (tertiary/aromatic N) is 1. The second-order valence-corrected chi connectivity index (χ2v) is 22.8. The van der Waals surface area contributed by atoms with Crippen molar-refractivity contribution < 1.29 is 0 Å². The maximum atomic E-state index is 4.48. The van der Waals surface area contributed by atoms with E-state index in [2.05, 4.69) is 68.1 Å². The molecule has 0 unspecified atom stereocenters. The summed E-state index contributed by atoms with van der Waals surface area (Å²) in [6.07, 6.45) is 1.98. The fourth-order valence-corrected chi connectivity index (χ4v) is 7.31. The SMILES string of the molecule is C[Si](C)(C)[Si](C)(C)c1ccnc2ccccc12. The topological polar surface area (TPSA) is 12.9 Å². The molecule has 0 N–H and O–H groups in total. The van der Waals surface area contributed by atoms with Crippen molar-refractivity contribution in [2.24, 2.45) is 0 Å². The number of aromatic nitrogens is 1. The Kier molecular flexibility index (Phi) is 3.00. The molecule has 0 bridgehead atoms. The molecule has 17 heavy (non-hydrogen) atoms. The summed E-state index contributed by atoms with van der Waals surface area (Å²) in [6, 6.07) is 10.8. The molecule has 0 amide bonds. The van der Waals surface area contributed by atoms with Crippen LogP contribution >= 0.6 is 0 Å². The van der Waals surface area contributed by atoms with E-state index in [1.807, 2.05) is 6.20 Å². The zero-order chi connectivity index (χ0) is 12.7. The van der Waals surface area contributed by atoms with Gasteiger partial charge in [-0.05, 0) is 17.5 Å². The molecule has 0 saturated heterocycles. The first-order valence-corrected chi connectivity index (χ1v) is 13.7. The minimum absolute atomic E-state index is 1.13. The lowest BCUT2D eigenvalue weighted by molar-refractivity contribution is 1.42. The maximum Gasteiger partial charge on any atom is 0.0745 e. The number of pyridine rings is 1. The van der Waals surface area contributed by atoms with E-state index in [1.165, 1.54) is 5.39 Å². The molecule has 0 aliphatic heterocycles. The molecule has 1 aromatic carbocycles. The Hall–Kier alpha value is -0.936. The predicted octanol–water partition coefficient (Wildman–Crippen LogP) is 3.57. The van der Waals surface area contributed by atoms with Crippen molar-refractivity contribution in [3.63, 3.8) is 0 Å². The van der Waals surface area contributed by atoms with Gasteiger partial charge in [0, 0.05) is 13.8 Å². The smallest absolute Gasteiger partial charge is 0.0745 e. The Morgan fingerprint density at radius 1 is 0.882 bits per heavy atom. The van der Waals surface area contributed by atoms with Gasteiger partial charge in [0.1, 0.15) is 0 Å². The van der Waals surface area contributed by atoms with Crippen molar-refractivity contribution in [1.29, 1.82) is 0 Å². The van der Waals surface area contributed by atoms with Gasteiger partial charge in [0.2, 0.25) is 0 Å². The van der Waals surface area contributed by atoms with E-state index in [-0.39, 0.29) is 0 Å². The molecule has 2 aromatic rings. The molecule has 3 heteroatoms. The van der Waals surface area contributed by atoms with Gasteiger partial charge in [0.15, 0.2) is 0 Å². The molecule has 0 fully saturated rings. The van der Waals surface area contributed by atoms with Crippen LogP contribution < -0.4 is 5.19 Å². The fraction of sp³-hybridized carbons (Fsp3) is 0.357. The van der Waals surface area contributed by atoms with E-state index in [0.29, 0.717) is 0 Å². The standard InChI is InChI=1S/C14H21NSi2/c1-16(2,3)17(4,5)14-10-11-15-13-9-7-6-8-12(13)14/h6-11H,1-5H3. The Morgan fingerprint density at radius 2 is 1.53 bits per heavy atom. The van der Waals surface area contributed by atoms with E-state index in [1.54, 1.807) is 5.19 Å². The minimum atomic E-state index is -1.35. The zero-order valence-corrected chi connectivity index (χ0v) is 13.4. The molecule has 0 saturated carbocycles. The van der Waals surface area contributed by atoms with Gasteiger partial charge in [-0.15, -0.1) is 0 Å². The molecule has 0 aliphatic carbocycles. The lowest BCUT2D eigenvalue weighted by Crippen LogP contribution is -2.61. The lowest BCUT2D eigenvalue weighted by Gasteiger charge is -2.36. The highest BCUT2D eigenvalue weighted by Gasteiger charge is 2.39. The summed E-state index contributed by atoms with van der Waals surface area (Å²) in [5.41, 5.74) is 1.14. The Bertz CT molecular complexity index is 536. The predicted molar refractivity (Wildman–Crippen MR) is 82.2 cm³/mol. The van der Waals surface area contributed by atoms with Crippen LogP contribution in [0.15, 0.2) is 36.5 Å². The van der Waals surface area contributed by atoms with Crippen molar-refractivity contribution in [3.05, 3.63) is 36.5 Å². The number of fused-ring (bicyclic) bond motifs is 1. The summed E-state index contributed by atoms with van der Waals surface area (Å²) in [7, 11) is -2.48. The molecule has 0 spiro atoms. The average Bonchev–Trinajstić information content (AvgIpc) is 2.26. The number of rotatable bonds is 2. The summed E-state index contributed by atoms with van der Waals surface area (Å²) in [5.74, 6) is 0. The quantitative estimate of drug-likeness (QED) is 0.751. The molecule has 2 rings (SSSR count). The van der Waals surface area contributed by atoms with Gasteiger partial charge in [0.05, 0.1) is 13.1 Å². The lowest BCUT2D eigenvalue weighted by atomic mass is 10.2. The fourth-order valence-electron chi connectivity index (χ4n) is 2.04. The molecule has 0 atom stereocenters. The van der Waals surface area contributed by atoms with Crippen molar-refractivity contribution in [3.8, 4) is 0 Å². The second kappa shape index (κ2) is 4.07. The number of para-hydroxylation sites is 1. The highest BCUT2D eigenvalue weighted by molar-refractivity contribution is 7.45. The number of hydrogen-bond acceptors (Lipinski definition) is 1. The Labute approximate surface area is 106 Å². The van der Waals surface area contributed by atoms with Gasteiger partial charge >= 0.3 is 0 Å². The van der Waals surface area contributed by atoms with Gasteiger partial charge in [-0.25, -0.2) is 0 Å². The molecular formula is C14H21NSi2. The highest BCUT2D eigenvalue weighted by Crippen LogP contribution is 2.22. The van der Waals surface area contributed by atoms with Crippen LogP contribution in [-0.2, 0) is 0 Å². The van der Waals surface area contributed by atoms with Crippen molar-refractivity contribution in [2.45, 2.75) is 32.7 Å². The Balaban J connectivity index is 2.72. The van der Waals surface area contributed by atoms with E-state index >= 15 is 0 Å². The van der Waals surface area contributed by atoms with Crippen molar-refractivity contribution >= 4 is 31.3 Å². The van der Waals surface area contributed by atoms with Crippen molar-refractivity contribution in [2.75, 3.05) is 0 Å². The number of hydrogen-bond donors (Lipinski definition) is 0. The van der Waals surface area contributed by atoms with Crippen LogP contribution in [0.2, 0.25) is 32.7 Å². The summed E-state index contributed by atoms with van der Waals surface area (Å²) >= 11 is 0. The first-order chi connectivity index (χ1) is 7.84. The van der Waals surface area contributed by atoms with Crippen LogP contribution in [0.25, 0.3) is 10.9 Å². The van der Waals surface area contributed by atoms with Crippen LogP contribution in [0.1, 0.15) is 0 Å². The van der Waals surface area contributed by atoms with Crippen LogP contribution in [-0.4, -0.2) is 20.2 Å². The maximum absolute atomic E-state index is 4.48. The van der Waals surface area contributed by atoms with Crippen molar-refractivity contribution in [1.82, 2.24) is 4.98 Å². The van der Waals surface area contributed by atoms with E-state index < -0.39 is 15.2 Å². The minimum Gasteiger partial charge on any atom is -0.256 e. The Morgan fingerprint density at radius 3 is 2.18 bits per heavy atom. The van der Waals surface area contributed by atoms with Gasteiger partial charge < -0.3 is 0 Å². The molecule has 1 nitrogen and oxygen atoms in total. The summed E-state index contributed by atoms with van der Waals surface area (Å²) in [5, 5.41) is 2.95. The molecule has 1 heterocycles. The molecule has 0 radical (unpaired) electrons. The van der Waals surface area contributed by atoms with Gasteiger partial charge in [-0.2, -0.15) is 0 Å². The van der Waals surface area contributed by atoms with Gasteiger partial charge in [-0.1, -0.05) is 56.1 Å².